The van der Waals surface area contributed by atoms with E-state index in [0.29, 0.717) is 16.8 Å². The van der Waals surface area contributed by atoms with Gasteiger partial charge in [-0.3, -0.25) is 4.79 Å². The van der Waals surface area contributed by atoms with Gasteiger partial charge in [0.15, 0.2) is 5.16 Å². The molecule has 0 aliphatic heterocycles. The van der Waals surface area contributed by atoms with Crippen LogP contribution in [0.25, 0.3) is 0 Å². The summed E-state index contributed by atoms with van der Waals surface area (Å²) in [4.78, 5) is 18.8. The van der Waals surface area contributed by atoms with E-state index in [9.17, 15) is 4.79 Å². The van der Waals surface area contributed by atoms with E-state index in [1.165, 1.54) is 0 Å². The summed E-state index contributed by atoms with van der Waals surface area (Å²) in [5.74, 6) is 0. The van der Waals surface area contributed by atoms with Crippen molar-refractivity contribution in [1.82, 2.24) is 9.97 Å². The van der Waals surface area contributed by atoms with Crippen molar-refractivity contribution < 1.29 is 0 Å². The monoisotopic (exact) mass is 260 g/mol. The molecule has 0 fully saturated rings. The van der Waals surface area contributed by atoms with Crippen LogP contribution < -0.4 is 5.56 Å². The zero-order valence-corrected chi connectivity index (χ0v) is 11.3. The molecule has 2 aromatic rings. The van der Waals surface area contributed by atoms with Crippen LogP contribution in [0, 0.1) is 0 Å². The fourth-order valence-electron chi connectivity index (χ4n) is 1.66. The summed E-state index contributed by atoms with van der Waals surface area (Å²) in [6.07, 6.45) is 0.691. The Bertz CT molecular complexity index is 564. The molecular weight excluding hydrogens is 244 g/mol. The zero-order valence-electron chi connectivity index (χ0n) is 10.5. The van der Waals surface area contributed by atoms with Gasteiger partial charge >= 0.3 is 0 Å². The zero-order chi connectivity index (χ0) is 13.0. The molecule has 0 bridgehead atoms. The minimum Gasteiger partial charge on any atom is -0.301 e. The average Bonchev–Trinajstić information content (AvgIpc) is 2.28. The number of aromatic amines is 1. The van der Waals surface area contributed by atoms with Crippen molar-refractivity contribution in [1.29, 1.82) is 0 Å². The van der Waals surface area contributed by atoms with Crippen molar-refractivity contribution in [2.45, 2.75) is 30.7 Å². The van der Waals surface area contributed by atoms with Gasteiger partial charge in [0.1, 0.15) is 0 Å². The first-order valence-corrected chi connectivity index (χ1v) is 6.82. The highest BCUT2D eigenvalue weighted by Gasteiger charge is 2.05. The molecule has 0 atom stereocenters. The third kappa shape index (κ3) is 3.74. The van der Waals surface area contributed by atoms with Crippen molar-refractivity contribution in [2.75, 3.05) is 0 Å². The van der Waals surface area contributed by atoms with Gasteiger partial charge in [-0.25, -0.2) is 4.98 Å². The predicted octanol–water partition coefficient (Wildman–Crippen LogP) is 2.86. The molecule has 3 nitrogen and oxygen atoms in total. The van der Waals surface area contributed by atoms with Crippen molar-refractivity contribution in [3.8, 4) is 0 Å². The Morgan fingerprint density at radius 2 is 2.00 bits per heavy atom. The summed E-state index contributed by atoms with van der Waals surface area (Å²) in [5, 5.41) is 1.10. The molecule has 1 aromatic heterocycles. The summed E-state index contributed by atoms with van der Waals surface area (Å²) in [5.41, 5.74) is 1.89. The van der Waals surface area contributed by atoms with E-state index in [1.807, 2.05) is 30.3 Å². The minimum absolute atomic E-state index is 0.0842. The summed E-state index contributed by atoms with van der Waals surface area (Å²) in [6.45, 7) is 4.16. The van der Waals surface area contributed by atoms with Gasteiger partial charge in [0, 0.05) is 17.7 Å². The second-order valence-electron chi connectivity index (χ2n) is 4.37. The lowest BCUT2D eigenvalue weighted by Gasteiger charge is -2.06. The topological polar surface area (TPSA) is 45.8 Å². The Kier molecular flexibility index (Phi) is 4.20. The van der Waals surface area contributed by atoms with E-state index in [0.717, 1.165) is 11.3 Å². The molecule has 0 aliphatic carbocycles. The van der Waals surface area contributed by atoms with Crippen LogP contribution in [0.3, 0.4) is 0 Å². The molecule has 2 rings (SSSR count). The molecule has 0 radical (unpaired) electrons. The summed E-state index contributed by atoms with van der Waals surface area (Å²) < 4.78 is 0. The lowest BCUT2D eigenvalue weighted by Crippen LogP contribution is -2.11. The molecular formula is C14H16N2OS. The van der Waals surface area contributed by atoms with Gasteiger partial charge in [-0.05, 0) is 5.56 Å². The maximum Gasteiger partial charge on any atom is 0.251 e. The number of rotatable bonds is 4. The van der Waals surface area contributed by atoms with Crippen LogP contribution in [0.5, 0.6) is 0 Å². The second-order valence-corrected chi connectivity index (χ2v) is 5.94. The molecule has 94 valence electrons. The number of nitrogens with zero attached hydrogens (tertiary/aromatic N) is 1. The Hall–Kier alpha value is -1.55. The predicted molar refractivity (Wildman–Crippen MR) is 75.1 cm³/mol. The first-order valence-electron chi connectivity index (χ1n) is 5.94. The maximum atomic E-state index is 11.6. The summed E-state index contributed by atoms with van der Waals surface area (Å²) in [7, 11) is 0. The fourth-order valence-corrected chi connectivity index (χ4v) is 2.43. The highest BCUT2D eigenvalue weighted by molar-refractivity contribution is 7.99. The van der Waals surface area contributed by atoms with E-state index in [-0.39, 0.29) is 5.56 Å². The molecule has 0 saturated carbocycles. The van der Waals surface area contributed by atoms with E-state index in [4.69, 9.17) is 0 Å². The molecule has 0 spiro atoms. The fraction of sp³-hybridized carbons (Fsp3) is 0.286. The van der Waals surface area contributed by atoms with Crippen LogP contribution in [-0.2, 0) is 6.42 Å². The van der Waals surface area contributed by atoms with Crippen molar-refractivity contribution >= 4 is 11.8 Å². The Morgan fingerprint density at radius 3 is 2.67 bits per heavy atom. The second kappa shape index (κ2) is 5.87. The van der Waals surface area contributed by atoms with E-state index in [1.54, 1.807) is 17.8 Å². The van der Waals surface area contributed by atoms with Gasteiger partial charge in [-0.15, -0.1) is 0 Å². The molecule has 0 saturated heterocycles. The molecule has 0 unspecified atom stereocenters. The number of thioether (sulfide) groups is 1. The van der Waals surface area contributed by atoms with Crippen LogP contribution >= 0.6 is 11.8 Å². The van der Waals surface area contributed by atoms with Gasteiger partial charge in [0.2, 0.25) is 0 Å². The molecule has 4 heteroatoms. The van der Waals surface area contributed by atoms with Crippen LogP contribution in [0.15, 0.2) is 46.3 Å². The Morgan fingerprint density at radius 1 is 1.28 bits per heavy atom. The SMILES string of the molecule is CC(C)Sc1nc(Cc2ccccc2)cc(=O)[nH]1. The lowest BCUT2D eigenvalue weighted by molar-refractivity contribution is 0.874. The maximum absolute atomic E-state index is 11.6. The number of benzene rings is 1. The normalized spacial score (nSPS) is 10.8. The number of hydrogen-bond acceptors (Lipinski definition) is 3. The van der Waals surface area contributed by atoms with Crippen LogP contribution in [0.1, 0.15) is 25.1 Å². The molecule has 1 aromatic carbocycles. The lowest BCUT2D eigenvalue weighted by atomic mass is 10.1. The molecule has 1 heterocycles. The molecule has 0 aliphatic rings. The highest BCUT2D eigenvalue weighted by atomic mass is 32.2. The first-order chi connectivity index (χ1) is 8.63. The Labute approximate surface area is 111 Å². The van der Waals surface area contributed by atoms with Crippen LogP contribution in [0.4, 0.5) is 0 Å². The Balaban J connectivity index is 2.23. The number of hydrogen-bond donors (Lipinski definition) is 1. The standard InChI is InChI=1S/C14H16N2OS/c1-10(2)18-14-15-12(9-13(17)16-14)8-11-6-4-3-5-7-11/h3-7,9-10H,8H2,1-2H3,(H,15,16,17). The van der Waals surface area contributed by atoms with E-state index < -0.39 is 0 Å². The third-order valence-electron chi connectivity index (χ3n) is 2.35. The quantitative estimate of drug-likeness (QED) is 0.679. The third-order valence-corrected chi connectivity index (χ3v) is 3.24. The van der Waals surface area contributed by atoms with Crippen LogP contribution in [0.2, 0.25) is 0 Å². The van der Waals surface area contributed by atoms with Crippen molar-refractivity contribution in [3.05, 3.63) is 58.0 Å². The van der Waals surface area contributed by atoms with Gasteiger partial charge in [-0.2, -0.15) is 0 Å². The molecule has 18 heavy (non-hydrogen) atoms. The van der Waals surface area contributed by atoms with Gasteiger partial charge in [0.25, 0.3) is 5.56 Å². The number of nitrogens with one attached hydrogen (secondary N) is 1. The van der Waals surface area contributed by atoms with Crippen molar-refractivity contribution in [2.24, 2.45) is 0 Å². The first kappa shape index (κ1) is 12.9. The van der Waals surface area contributed by atoms with E-state index in [2.05, 4.69) is 23.8 Å². The van der Waals surface area contributed by atoms with Crippen molar-refractivity contribution in [3.63, 3.8) is 0 Å². The summed E-state index contributed by atoms with van der Waals surface area (Å²) >= 11 is 1.57. The van der Waals surface area contributed by atoms with Gasteiger partial charge in [0.05, 0.1) is 5.69 Å². The van der Waals surface area contributed by atoms with E-state index >= 15 is 0 Å². The number of aromatic nitrogens is 2. The summed E-state index contributed by atoms with van der Waals surface area (Å²) in [6, 6.07) is 11.6. The highest BCUT2D eigenvalue weighted by Crippen LogP contribution is 2.17. The minimum atomic E-state index is -0.0842. The van der Waals surface area contributed by atoms with Gasteiger partial charge in [-0.1, -0.05) is 55.9 Å². The van der Waals surface area contributed by atoms with Crippen LogP contribution in [-0.4, -0.2) is 15.2 Å². The average molecular weight is 260 g/mol. The number of H-pyrrole nitrogens is 1. The molecule has 0 amide bonds. The largest absolute Gasteiger partial charge is 0.301 e. The smallest absolute Gasteiger partial charge is 0.251 e. The molecule has 1 N–H and O–H groups in total. The van der Waals surface area contributed by atoms with Gasteiger partial charge < -0.3 is 4.98 Å².